The topological polar surface area (TPSA) is 9.23 Å². The fourth-order valence-electron chi connectivity index (χ4n) is 0.531. The predicted molar refractivity (Wildman–Crippen MR) is 45.1 cm³/mol. The van der Waals surface area contributed by atoms with Gasteiger partial charge >= 0.3 is 0 Å². The molecule has 0 N–H and O–H groups in total. The van der Waals surface area contributed by atoms with Crippen LogP contribution >= 0.6 is 22.6 Å². The second kappa shape index (κ2) is 3.06. The molecule has 1 rings (SSSR count). The van der Waals surface area contributed by atoms with Crippen LogP contribution in [0.4, 0.5) is 0 Å². The highest BCUT2D eigenvalue weighted by atomic mass is 127. The second-order valence-electron chi connectivity index (χ2n) is 1.60. The van der Waals surface area contributed by atoms with Gasteiger partial charge in [0.1, 0.15) is 12.9 Å². The first-order valence-electron chi connectivity index (χ1n) is 2.50. The van der Waals surface area contributed by atoms with Gasteiger partial charge in [-0.25, -0.2) is 0 Å². The summed E-state index contributed by atoms with van der Waals surface area (Å²) in [5.74, 6) is 0.801. The SMILES string of the molecule is [CH2]Oc1ccc(I)cc1. The third kappa shape index (κ3) is 1.86. The van der Waals surface area contributed by atoms with E-state index in [4.69, 9.17) is 4.74 Å². The first-order valence-corrected chi connectivity index (χ1v) is 3.58. The summed E-state index contributed by atoms with van der Waals surface area (Å²) >= 11 is 2.24. The standard InChI is InChI=1S/C7H6IO/c1-9-7-4-2-6(8)3-5-7/h2-5H,1H2. The Kier molecular flexibility index (Phi) is 2.33. The maximum absolute atomic E-state index is 4.72. The van der Waals surface area contributed by atoms with Crippen molar-refractivity contribution in [3.8, 4) is 5.75 Å². The molecular formula is C7H6IO. The van der Waals surface area contributed by atoms with E-state index in [1.54, 1.807) is 0 Å². The third-order valence-corrected chi connectivity index (χ3v) is 1.70. The molecule has 1 aromatic rings. The Hall–Kier alpha value is -0.250. The summed E-state index contributed by atoms with van der Waals surface area (Å²) in [4.78, 5) is 0. The van der Waals surface area contributed by atoms with Crippen LogP contribution in [0, 0.1) is 10.7 Å². The number of benzene rings is 1. The molecule has 0 amide bonds. The van der Waals surface area contributed by atoms with E-state index in [2.05, 4.69) is 29.7 Å². The molecule has 1 aromatic carbocycles. The molecule has 0 heterocycles. The Morgan fingerprint density at radius 3 is 2.22 bits per heavy atom. The normalized spacial score (nSPS) is 9.11. The molecule has 47 valence electrons. The van der Waals surface area contributed by atoms with Gasteiger partial charge in [-0.15, -0.1) is 0 Å². The zero-order valence-electron chi connectivity index (χ0n) is 4.80. The number of ether oxygens (including phenoxy) is 1. The van der Waals surface area contributed by atoms with Crippen molar-refractivity contribution in [1.82, 2.24) is 0 Å². The minimum Gasteiger partial charge on any atom is -0.490 e. The quantitative estimate of drug-likeness (QED) is 0.677. The fourth-order valence-corrected chi connectivity index (χ4v) is 0.890. The molecule has 0 fully saturated rings. The smallest absolute Gasteiger partial charge is 0.122 e. The monoisotopic (exact) mass is 233 g/mol. The molecule has 1 nitrogen and oxygen atoms in total. The lowest BCUT2D eigenvalue weighted by Gasteiger charge is -1.95. The Morgan fingerprint density at radius 1 is 1.22 bits per heavy atom. The Morgan fingerprint density at radius 2 is 1.78 bits per heavy atom. The molecule has 0 aromatic heterocycles. The highest BCUT2D eigenvalue weighted by Crippen LogP contribution is 2.12. The minimum atomic E-state index is 0.801. The van der Waals surface area contributed by atoms with Gasteiger partial charge < -0.3 is 4.74 Å². The fraction of sp³-hybridized carbons (Fsp3) is 0. The molecule has 0 bridgehead atoms. The van der Waals surface area contributed by atoms with Gasteiger partial charge in [-0.2, -0.15) is 0 Å². The van der Waals surface area contributed by atoms with Crippen molar-refractivity contribution in [3.05, 3.63) is 34.9 Å². The Labute approximate surface area is 68.2 Å². The van der Waals surface area contributed by atoms with Gasteiger partial charge in [-0.3, -0.25) is 0 Å². The van der Waals surface area contributed by atoms with Crippen LogP contribution in [0.25, 0.3) is 0 Å². The third-order valence-electron chi connectivity index (χ3n) is 0.980. The largest absolute Gasteiger partial charge is 0.490 e. The zero-order chi connectivity index (χ0) is 6.69. The molecule has 0 aliphatic rings. The lowest BCUT2D eigenvalue weighted by atomic mass is 10.3. The zero-order valence-corrected chi connectivity index (χ0v) is 6.96. The van der Waals surface area contributed by atoms with Crippen LogP contribution in [0.1, 0.15) is 0 Å². The number of hydrogen-bond acceptors (Lipinski definition) is 1. The van der Waals surface area contributed by atoms with Gasteiger partial charge in [0, 0.05) is 3.57 Å². The van der Waals surface area contributed by atoms with Gasteiger partial charge in [0.15, 0.2) is 0 Å². The van der Waals surface area contributed by atoms with Crippen LogP contribution < -0.4 is 4.74 Å². The van der Waals surface area contributed by atoms with E-state index in [9.17, 15) is 0 Å². The summed E-state index contributed by atoms with van der Waals surface area (Å²) in [5.41, 5.74) is 0. The van der Waals surface area contributed by atoms with Crippen LogP contribution in [0.3, 0.4) is 0 Å². The molecule has 2 heteroatoms. The highest BCUT2D eigenvalue weighted by Gasteiger charge is 1.86. The van der Waals surface area contributed by atoms with E-state index in [1.807, 2.05) is 24.3 Å². The van der Waals surface area contributed by atoms with Crippen molar-refractivity contribution in [2.75, 3.05) is 0 Å². The summed E-state index contributed by atoms with van der Waals surface area (Å²) in [6, 6.07) is 7.71. The van der Waals surface area contributed by atoms with Crippen LogP contribution in [0.2, 0.25) is 0 Å². The van der Waals surface area contributed by atoms with E-state index in [0.29, 0.717) is 0 Å². The molecule has 1 radical (unpaired) electrons. The number of halogens is 1. The van der Waals surface area contributed by atoms with Crippen molar-refractivity contribution < 1.29 is 4.74 Å². The van der Waals surface area contributed by atoms with Crippen molar-refractivity contribution in [3.63, 3.8) is 0 Å². The summed E-state index contributed by atoms with van der Waals surface area (Å²) in [5, 5.41) is 0. The van der Waals surface area contributed by atoms with Gasteiger partial charge in [-0.1, -0.05) is 0 Å². The lowest BCUT2D eigenvalue weighted by Crippen LogP contribution is -1.77. The van der Waals surface area contributed by atoms with Gasteiger partial charge in [0.2, 0.25) is 0 Å². The highest BCUT2D eigenvalue weighted by molar-refractivity contribution is 14.1. The Balaban J connectivity index is 2.88. The predicted octanol–water partition coefficient (Wildman–Crippen LogP) is 2.46. The van der Waals surface area contributed by atoms with Crippen molar-refractivity contribution in [1.29, 1.82) is 0 Å². The maximum atomic E-state index is 4.72. The van der Waals surface area contributed by atoms with E-state index in [0.717, 1.165) is 5.75 Å². The van der Waals surface area contributed by atoms with E-state index in [1.165, 1.54) is 3.57 Å². The average Bonchev–Trinajstić information content (AvgIpc) is 1.90. The summed E-state index contributed by atoms with van der Waals surface area (Å²) < 4.78 is 5.92. The molecule has 0 spiro atoms. The molecule has 0 aliphatic carbocycles. The van der Waals surface area contributed by atoms with E-state index in [-0.39, 0.29) is 0 Å². The van der Waals surface area contributed by atoms with Crippen molar-refractivity contribution in [2.45, 2.75) is 0 Å². The summed E-state index contributed by atoms with van der Waals surface area (Å²) in [7, 11) is 3.28. The number of rotatable bonds is 1. The Bertz CT molecular complexity index is 181. The summed E-state index contributed by atoms with van der Waals surface area (Å²) in [6.45, 7) is 0. The lowest BCUT2D eigenvalue weighted by molar-refractivity contribution is 0.473. The molecule has 0 aliphatic heterocycles. The maximum Gasteiger partial charge on any atom is 0.122 e. The van der Waals surface area contributed by atoms with Gasteiger partial charge in [0.25, 0.3) is 0 Å². The molecular weight excluding hydrogens is 227 g/mol. The van der Waals surface area contributed by atoms with Gasteiger partial charge in [0.05, 0.1) is 0 Å². The van der Waals surface area contributed by atoms with Crippen LogP contribution in [-0.2, 0) is 0 Å². The van der Waals surface area contributed by atoms with Crippen LogP contribution in [0.15, 0.2) is 24.3 Å². The minimum absolute atomic E-state index is 0.801. The van der Waals surface area contributed by atoms with E-state index < -0.39 is 0 Å². The van der Waals surface area contributed by atoms with Crippen LogP contribution in [0.5, 0.6) is 5.75 Å². The van der Waals surface area contributed by atoms with Crippen molar-refractivity contribution in [2.24, 2.45) is 0 Å². The van der Waals surface area contributed by atoms with Crippen LogP contribution in [-0.4, -0.2) is 0 Å². The molecule has 0 saturated carbocycles. The molecule has 9 heavy (non-hydrogen) atoms. The molecule has 0 saturated heterocycles. The summed E-state index contributed by atoms with van der Waals surface area (Å²) in [6.07, 6.45) is 0. The number of hydrogen-bond donors (Lipinski definition) is 0. The molecule has 0 unspecified atom stereocenters. The molecule has 0 atom stereocenters. The second-order valence-corrected chi connectivity index (χ2v) is 2.84. The van der Waals surface area contributed by atoms with Crippen molar-refractivity contribution >= 4 is 22.6 Å². The van der Waals surface area contributed by atoms with E-state index >= 15 is 0 Å². The average molecular weight is 233 g/mol. The first kappa shape index (κ1) is 6.86. The first-order chi connectivity index (χ1) is 4.33. The van der Waals surface area contributed by atoms with Gasteiger partial charge in [-0.05, 0) is 46.9 Å².